The Hall–Kier alpha value is -2.42. The largest absolute Gasteiger partial charge is 0.502 e. The van der Waals surface area contributed by atoms with Crippen LogP contribution in [0.3, 0.4) is 0 Å². The number of carbonyl (C=O) groups is 2. The average Bonchev–Trinajstić information content (AvgIpc) is 3.08. The van der Waals surface area contributed by atoms with Crippen molar-refractivity contribution in [1.29, 1.82) is 0 Å². The monoisotopic (exact) mass is 378 g/mol. The van der Waals surface area contributed by atoms with Crippen molar-refractivity contribution >= 4 is 11.9 Å². The number of hydrogen-bond donors (Lipinski definition) is 3. The molecule has 3 N–H and O–H groups in total. The van der Waals surface area contributed by atoms with E-state index in [4.69, 9.17) is 19.5 Å². The van der Waals surface area contributed by atoms with Gasteiger partial charge in [-0.2, -0.15) is 0 Å². The molecule has 1 heterocycles. The number of aliphatic hydroxyl groups excluding tert-OH is 2. The molecule has 0 aromatic heterocycles. The molecule has 0 unspecified atom stereocenters. The zero-order valence-electron chi connectivity index (χ0n) is 14.9. The first-order chi connectivity index (χ1) is 12.8. The summed E-state index contributed by atoms with van der Waals surface area (Å²) >= 11 is 0. The third-order valence-electron chi connectivity index (χ3n) is 5.67. The lowest BCUT2D eigenvalue weighted by Crippen LogP contribution is -2.45. The number of rotatable bonds is 4. The molecule has 3 rings (SSSR count). The Morgan fingerprint density at radius 2 is 2.19 bits per heavy atom. The lowest BCUT2D eigenvalue weighted by molar-refractivity contribution is -0.323. The molecule has 27 heavy (non-hydrogen) atoms. The first-order valence-electron chi connectivity index (χ1n) is 8.55. The van der Waals surface area contributed by atoms with Crippen LogP contribution in [0.2, 0.25) is 0 Å². The Labute approximate surface area is 156 Å². The van der Waals surface area contributed by atoms with Crippen molar-refractivity contribution in [3.63, 3.8) is 0 Å². The molecular formula is C19H22O8. The molecule has 8 heteroatoms. The summed E-state index contributed by atoms with van der Waals surface area (Å²) in [5.74, 6) is -3.60. The van der Waals surface area contributed by atoms with Gasteiger partial charge in [0.1, 0.15) is 17.8 Å². The van der Waals surface area contributed by atoms with E-state index >= 15 is 0 Å². The predicted octanol–water partition coefficient (Wildman–Crippen LogP) is 1.58. The minimum Gasteiger partial charge on any atom is -0.502 e. The summed E-state index contributed by atoms with van der Waals surface area (Å²) in [6.07, 6.45) is 1.53. The van der Waals surface area contributed by atoms with Crippen LogP contribution in [0.5, 0.6) is 0 Å². The smallest absolute Gasteiger partial charge is 0.373 e. The highest BCUT2D eigenvalue weighted by atomic mass is 17.1. The van der Waals surface area contributed by atoms with E-state index in [0.29, 0.717) is 12.0 Å². The van der Waals surface area contributed by atoms with Crippen LogP contribution < -0.4 is 0 Å². The van der Waals surface area contributed by atoms with E-state index in [-0.39, 0.29) is 12.0 Å². The van der Waals surface area contributed by atoms with Crippen molar-refractivity contribution in [2.24, 2.45) is 11.8 Å². The Balaban J connectivity index is 2.02. The zero-order valence-corrected chi connectivity index (χ0v) is 14.9. The van der Waals surface area contributed by atoms with Crippen LogP contribution in [0.1, 0.15) is 19.8 Å². The summed E-state index contributed by atoms with van der Waals surface area (Å²) < 4.78 is 10.9. The van der Waals surface area contributed by atoms with Gasteiger partial charge in [-0.05, 0) is 18.6 Å². The maximum Gasteiger partial charge on any atom is 0.373 e. The molecule has 0 spiro atoms. The molecule has 0 amide bonds. The van der Waals surface area contributed by atoms with Crippen LogP contribution in [0.4, 0.5) is 0 Å². The molecule has 1 aliphatic heterocycles. The summed E-state index contributed by atoms with van der Waals surface area (Å²) in [6.45, 7) is 9.09. The van der Waals surface area contributed by atoms with Gasteiger partial charge < -0.3 is 19.7 Å². The van der Waals surface area contributed by atoms with Gasteiger partial charge in [-0.1, -0.05) is 24.8 Å². The zero-order chi connectivity index (χ0) is 19.9. The lowest BCUT2D eigenvalue weighted by Gasteiger charge is -2.36. The maximum atomic E-state index is 12.2. The Morgan fingerprint density at radius 3 is 2.81 bits per heavy atom. The van der Waals surface area contributed by atoms with Crippen molar-refractivity contribution < 1.29 is 39.4 Å². The summed E-state index contributed by atoms with van der Waals surface area (Å²) in [5.41, 5.74) is 0.286. The number of ether oxygens (including phenoxy) is 2. The highest BCUT2D eigenvalue weighted by Gasteiger charge is 2.61. The van der Waals surface area contributed by atoms with Crippen molar-refractivity contribution in [1.82, 2.24) is 0 Å². The molecule has 146 valence electrons. The van der Waals surface area contributed by atoms with Gasteiger partial charge in [-0.25, -0.2) is 14.5 Å². The van der Waals surface area contributed by atoms with Crippen LogP contribution in [0, 0.1) is 11.8 Å². The number of hydrogen-bond acceptors (Lipinski definition) is 8. The quantitative estimate of drug-likeness (QED) is 0.168. The van der Waals surface area contributed by atoms with Gasteiger partial charge in [0.15, 0.2) is 5.76 Å². The summed E-state index contributed by atoms with van der Waals surface area (Å²) in [5, 5.41) is 28.2. The van der Waals surface area contributed by atoms with E-state index in [2.05, 4.69) is 13.2 Å². The first kappa shape index (κ1) is 19.3. The maximum absolute atomic E-state index is 12.2. The average molecular weight is 378 g/mol. The van der Waals surface area contributed by atoms with Gasteiger partial charge in [-0.3, -0.25) is 5.26 Å². The summed E-state index contributed by atoms with van der Waals surface area (Å²) in [7, 11) is 0. The molecule has 2 aliphatic carbocycles. The van der Waals surface area contributed by atoms with E-state index in [1.807, 2.05) is 13.0 Å². The highest BCUT2D eigenvalue weighted by molar-refractivity contribution is 5.91. The molecule has 0 bridgehead atoms. The molecule has 3 aliphatic rings. The van der Waals surface area contributed by atoms with E-state index in [1.165, 1.54) is 0 Å². The summed E-state index contributed by atoms with van der Waals surface area (Å²) in [6, 6.07) is 0. The Bertz CT molecular complexity index is 764. The van der Waals surface area contributed by atoms with Crippen LogP contribution in [0.15, 0.2) is 47.8 Å². The van der Waals surface area contributed by atoms with Crippen molar-refractivity contribution in [2.75, 3.05) is 6.61 Å². The number of esters is 2. The lowest BCUT2D eigenvalue weighted by atomic mass is 9.77. The normalized spacial score (nSPS) is 35.9. The highest BCUT2D eigenvalue weighted by Crippen LogP contribution is 2.54. The fraction of sp³-hybridized carbons (Fsp3) is 0.474. The van der Waals surface area contributed by atoms with E-state index in [9.17, 15) is 20.0 Å². The van der Waals surface area contributed by atoms with Crippen LogP contribution in [0.25, 0.3) is 0 Å². The fourth-order valence-electron chi connectivity index (χ4n) is 4.33. The second-order valence-corrected chi connectivity index (χ2v) is 7.06. The van der Waals surface area contributed by atoms with Gasteiger partial charge in [0.05, 0.1) is 18.4 Å². The third-order valence-corrected chi connectivity index (χ3v) is 5.67. The summed E-state index contributed by atoms with van der Waals surface area (Å²) in [4.78, 5) is 29.2. The second-order valence-electron chi connectivity index (χ2n) is 7.06. The minimum atomic E-state index is -1.19. The van der Waals surface area contributed by atoms with Crippen LogP contribution in [-0.4, -0.2) is 51.8 Å². The van der Waals surface area contributed by atoms with Crippen LogP contribution in [-0.2, 0) is 24.0 Å². The van der Waals surface area contributed by atoms with E-state index in [0.717, 1.165) is 11.6 Å². The molecule has 5 atom stereocenters. The molecular weight excluding hydrogens is 356 g/mol. The topological polar surface area (TPSA) is 123 Å². The van der Waals surface area contributed by atoms with Crippen molar-refractivity contribution in [3.8, 4) is 0 Å². The molecule has 1 saturated carbocycles. The minimum absolute atomic E-state index is 0.0765. The number of fused-ring (bicyclic) bond motifs is 3. The van der Waals surface area contributed by atoms with Gasteiger partial charge in [0.2, 0.25) is 0 Å². The van der Waals surface area contributed by atoms with Gasteiger partial charge >= 0.3 is 11.9 Å². The predicted molar refractivity (Wildman–Crippen MR) is 92.3 cm³/mol. The molecule has 8 nitrogen and oxygen atoms in total. The number of aliphatic hydroxyl groups is 2. The SMILES string of the molecule is C=C1C(=O)O[C@H]2[C@H]1[C@H](OC(=O)/C(O)=C/CO)CC(=C)[C@]1(OO)CC=C(C)[C@H]21. The Kier molecular flexibility index (Phi) is 4.98. The van der Waals surface area contributed by atoms with Gasteiger partial charge in [0.25, 0.3) is 0 Å². The molecule has 0 aromatic carbocycles. The first-order valence-corrected chi connectivity index (χ1v) is 8.55. The van der Waals surface area contributed by atoms with Gasteiger partial charge in [0, 0.05) is 18.4 Å². The fourth-order valence-corrected chi connectivity index (χ4v) is 4.33. The van der Waals surface area contributed by atoms with Crippen molar-refractivity contribution in [2.45, 2.75) is 37.6 Å². The second kappa shape index (κ2) is 6.95. The standard InChI is InChI=1S/C19H22O8/c1-9-4-6-19(27-24)10(2)8-13(25-18(23)12(21)5-7-20)14-11(3)17(22)26-16(14)15(9)19/h4-5,13-16,20-21,24H,2-3,6-8H2,1H3/b12-5-/t13-,14-,15-,16+,19-/m1/s1. The number of carbonyl (C=O) groups excluding carboxylic acids is 2. The molecule has 0 aromatic rings. The van der Waals surface area contributed by atoms with Crippen molar-refractivity contribution in [3.05, 3.63) is 47.8 Å². The molecule has 1 saturated heterocycles. The molecule has 2 fully saturated rings. The Morgan fingerprint density at radius 1 is 1.48 bits per heavy atom. The third kappa shape index (κ3) is 2.90. The van der Waals surface area contributed by atoms with E-state index < -0.39 is 53.9 Å². The van der Waals surface area contributed by atoms with Gasteiger partial charge in [-0.15, -0.1) is 0 Å². The molecule has 0 radical (unpaired) electrons. The van der Waals surface area contributed by atoms with E-state index in [1.54, 1.807) is 0 Å². The van der Waals surface area contributed by atoms with Crippen LogP contribution >= 0.6 is 0 Å².